The Kier molecular flexibility index (Phi) is 3.38. The minimum Gasteiger partial charge on any atom is -0.395 e. The zero-order valence-corrected chi connectivity index (χ0v) is 9.86. The summed E-state index contributed by atoms with van der Waals surface area (Å²) in [5, 5.41) is 11.4. The molecule has 0 aliphatic carbocycles. The Hall–Kier alpha value is -2.21. The van der Waals surface area contributed by atoms with Crippen molar-refractivity contribution in [2.45, 2.75) is 6.92 Å². The molecular formula is C12H13N3O3. The number of aliphatic hydroxyl groups is 1. The minimum absolute atomic E-state index is 0.0154. The molecule has 0 atom stereocenters. The van der Waals surface area contributed by atoms with E-state index in [4.69, 9.17) is 5.11 Å². The fraction of sp³-hybridized carbons (Fsp3) is 0.250. The number of hydrogen-bond donors (Lipinski definition) is 3. The van der Waals surface area contributed by atoms with Crippen molar-refractivity contribution in [2.24, 2.45) is 0 Å². The van der Waals surface area contributed by atoms with Gasteiger partial charge in [0.2, 0.25) is 5.43 Å². The highest BCUT2D eigenvalue weighted by atomic mass is 16.3. The van der Waals surface area contributed by atoms with Crippen LogP contribution in [0.2, 0.25) is 0 Å². The van der Waals surface area contributed by atoms with E-state index in [1.165, 1.54) is 6.20 Å². The molecule has 2 aromatic rings. The van der Waals surface area contributed by atoms with Gasteiger partial charge in [0.1, 0.15) is 11.2 Å². The first-order valence-corrected chi connectivity index (χ1v) is 5.51. The lowest BCUT2D eigenvalue weighted by molar-refractivity contribution is 0.0943. The molecule has 0 unspecified atom stereocenters. The third kappa shape index (κ3) is 2.23. The van der Waals surface area contributed by atoms with E-state index in [0.29, 0.717) is 11.0 Å². The van der Waals surface area contributed by atoms with Gasteiger partial charge in [0, 0.05) is 18.4 Å². The van der Waals surface area contributed by atoms with Gasteiger partial charge in [0.25, 0.3) is 5.91 Å². The molecule has 6 nitrogen and oxygen atoms in total. The Bertz CT molecular complexity index is 649. The van der Waals surface area contributed by atoms with Crippen LogP contribution in [0.25, 0.3) is 11.0 Å². The number of rotatable bonds is 3. The maximum Gasteiger partial charge on any atom is 0.256 e. The van der Waals surface area contributed by atoms with Crippen molar-refractivity contribution in [1.82, 2.24) is 15.3 Å². The van der Waals surface area contributed by atoms with Gasteiger partial charge in [-0.15, -0.1) is 0 Å². The van der Waals surface area contributed by atoms with Gasteiger partial charge in [-0.25, -0.2) is 4.98 Å². The third-order valence-corrected chi connectivity index (χ3v) is 2.52. The van der Waals surface area contributed by atoms with Crippen LogP contribution in [0.3, 0.4) is 0 Å². The number of aliphatic hydroxyl groups excluding tert-OH is 1. The Morgan fingerprint density at radius 2 is 2.28 bits per heavy atom. The predicted molar refractivity (Wildman–Crippen MR) is 66.5 cm³/mol. The molecule has 0 bridgehead atoms. The van der Waals surface area contributed by atoms with Crippen LogP contribution in [0, 0.1) is 6.92 Å². The van der Waals surface area contributed by atoms with Gasteiger partial charge >= 0.3 is 0 Å². The third-order valence-electron chi connectivity index (χ3n) is 2.52. The van der Waals surface area contributed by atoms with Gasteiger partial charge in [-0.1, -0.05) is 0 Å². The van der Waals surface area contributed by atoms with Crippen molar-refractivity contribution in [3.8, 4) is 0 Å². The molecule has 6 heteroatoms. The molecule has 0 fully saturated rings. The number of carbonyl (C=O) groups is 1. The summed E-state index contributed by atoms with van der Waals surface area (Å²) >= 11 is 0. The van der Waals surface area contributed by atoms with Crippen LogP contribution >= 0.6 is 0 Å². The van der Waals surface area contributed by atoms with Crippen molar-refractivity contribution in [2.75, 3.05) is 13.2 Å². The zero-order valence-electron chi connectivity index (χ0n) is 9.86. The van der Waals surface area contributed by atoms with E-state index < -0.39 is 5.91 Å². The molecule has 0 aromatic carbocycles. The van der Waals surface area contributed by atoms with Crippen molar-refractivity contribution in [3.63, 3.8) is 0 Å². The number of amides is 1. The highest BCUT2D eigenvalue weighted by Crippen LogP contribution is 2.06. The van der Waals surface area contributed by atoms with Crippen LogP contribution in [-0.2, 0) is 0 Å². The average molecular weight is 247 g/mol. The molecule has 94 valence electrons. The van der Waals surface area contributed by atoms with Gasteiger partial charge in [-0.3, -0.25) is 9.59 Å². The molecule has 0 radical (unpaired) electrons. The van der Waals surface area contributed by atoms with E-state index in [1.807, 2.05) is 6.92 Å². The zero-order chi connectivity index (χ0) is 13.1. The first-order valence-electron chi connectivity index (χ1n) is 5.51. The standard InChI is InChI=1S/C12H13N3O3/c1-7-2-3-8-10(17)9(6-14-11(8)15-7)12(18)13-4-5-16/h2-3,6,16H,4-5H2,1H3,(H,13,18)(H,14,15,17). The Labute approximate surface area is 103 Å². The molecule has 0 saturated carbocycles. The lowest BCUT2D eigenvalue weighted by atomic mass is 10.2. The van der Waals surface area contributed by atoms with E-state index in [2.05, 4.69) is 15.3 Å². The van der Waals surface area contributed by atoms with E-state index in [-0.39, 0.29) is 24.1 Å². The number of nitrogens with one attached hydrogen (secondary N) is 2. The SMILES string of the molecule is Cc1ccc2c(=O)c(C(=O)NCCO)c[nH]c2n1. The second kappa shape index (κ2) is 4.97. The largest absolute Gasteiger partial charge is 0.395 e. The topological polar surface area (TPSA) is 95.1 Å². The minimum atomic E-state index is -0.507. The molecule has 0 spiro atoms. The molecule has 0 aliphatic rings. The summed E-state index contributed by atoms with van der Waals surface area (Å²) in [6, 6.07) is 3.35. The van der Waals surface area contributed by atoms with Gasteiger partial charge in [-0.05, 0) is 19.1 Å². The number of aromatic nitrogens is 2. The lowest BCUT2D eigenvalue weighted by Gasteiger charge is -2.04. The molecular weight excluding hydrogens is 234 g/mol. The summed E-state index contributed by atoms with van der Waals surface area (Å²) in [5.41, 5.74) is 0.891. The summed E-state index contributed by atoms with van der Waals surface area (Å²) in [5.74, 6) is -0.507. The number of H-pyrrole nitrogens is 1. The number of carbonyl (C=O) groups excluding carboxylic acids is 1. The average Bonchev–Trinajstić information content (AvgIpc) is 2.36. The van der Waals surface area contributed by atoms with E-state index in [0.717, 1.165) is 5.69 Å². The highest BCUT2D eigenvalue weighted by Gasteiger charge is 2.12. The number of fused-ring (bicyclic) bond motifs is 1. The number of pyridine rings is 2. The van der Waals surface area contributed by atoms with Crippen LogP contribution in [0.1, 0.15) is 16.1 Å². The van der Waals surface area contributed by atoms with Crippen LogP contribution in [0.4, 0.5) is 0 Å². The fourth-order valence-corrected chi connectivity index (χ4v) is 1.63. The Morgan fingerprint density at radius 1 is 1.50 bits per heavy atom. The summed E-state index contributed by atoms with van der Waals surface area (Å²) in [7, 11) is 0. The Morgan fingerprint density at radius 3 is 3.00 bits per heavy atom. The van der Waals surface area contributed by atoms with Crippen LogP contribution < -0.4 is 10.7 Å². The van der Waals surface area contributed by atoms with E-state index in [1.54, 1.807) is 12.1 Å². The highest BCUT2D eigenvalue weighted by molar-refractivity contribution is 5.96. The molecule has 0 aliphatic heterocycles. The first-order chi connectivity index (χ1) is 8.63. The molecule has 1 amide bonds. The van der Waals surface area contributed by atoms with E-state index >= 15 is 0 Å². The quantitative estimate of drug-likeness (QED) is 0.709. The molecule has 3 N–H and O–H groups in total. The van der Waals surface area contributed by atoms with Gasteiger partial charge in [0.15, 0.2) is 0 Å². The number of hydrogen-bond acceptors (Lipinski definition) is 4. The second-order valence-corrected chi connectivity index (χ2v) is 3.86. The van der Waals surface area contributed by atoms with Crippen LogP contribution in [0.5, 0.6) is 0 Å². The maximum atomic E-state index is 12.1. The molecule has 18 heavy (non-hydrogen) atoms. The second-order valence-electron chi connectivity index (χ2n) is 3.86. The molecule has 2 aromatic heterocycles. The van der Waals surface area contributed by atoms with Crippen molar-refractivity contribution in [1.29, 1.82) is 0 Å². The molecule has 0 saturated heterocycles. The van der Waals surface area contributed by atoms with Crippen LogP contribution in [0.15, 0.2) is 23.1 Å². The van der Waals surface area contributed by atoms with E-state index in [9.17, 15) is 9.59 Å². The normalized spacial score (nSPS) is 10.6. The summed E-state index contributed by atoms with van der Waals surface area (Å²) in [4.78, 5) is 30.7. The number of aryl methyl sites for hydroxylation is 1. The summed E-state index contributed by atoms with van der Waals surface area (Å²) in [6.07, 6.45) is 1.34. The van der Waals surface area contributed by atoms with Crippen molar-refractivity contribution < 1.29 is 9.90 Å². The van der Waals surface area contributed by atoms with Gasteiger partial charge in [-0.2, -0.15) is 0 Å². The smallest absolute Gasteiger partial charge is 0.256 e. The predicted octanol–water partition coefficient (Wildman–Crippen LogP) is -0.0464. The monoisotopic (exact) mass is 247 g/mol. The van der Waals surface area contributed by atoms with Crippen LogP contribution in [-0.4, -0.2) is 34.1 Å². The number of nitrogens with zero attached hydrogens (tertiary/aromatic N) is 1. The number of aromatic amines is 1. The van der Waals surface area contributed by atoms with Gasteiger partial charge in [0.05, 0.1) is 12.0 Å². The molecule has 2 heterocycles. The fourth-order valence-electron chi connectivity index (χ4n) is 1.63. The summed E-state index contributed by atoms with van der Waals surface area (Å²) in [6.45, 7) is 1.76. The van der Waals surface area contributed by atoms with Crippen molar-refractivity contribution >= 4 is 16.9 Å². The maximum absolute atomic E-state index is 12.1. The van der Waals surface area contributed by atoms with Gasteiger partial charge < -0.3 is 15.4 Å². The summed E-state index contributed by atoms with van der Waals surface area (Å²) < 4.78 is 0. The Balaban J connectivity index is 2.48. The lowest BCUT2D eigenvalue weighted by Crippen LogP contribution is -2.31. The molecule has 2 rings (SSSR count). The van der Waals surface area contributed by atoms with Crippen molar-refractivity contribution in [3.05, 3.63) is 39.8 Å². The first kappa shape index (κ1) is 12.3.